The van der Waals surface area contributed by atoms with Gasteiger partial charge in [0, 0.05) is 12.1 Å². The summed E-state index contributed by atoms with van der Waals surface area (Å²) in [5, 5.41) is 0. The summed E-state index contributed by atoms with van der Waals surface area (Å²) in [6.07, 6.45) is 5.24. The largest absolute Gasteiger partial charge is 0.290 e. The van der Waals surface area contributed by atoms with E-state index in [4.69, 9.17) is 0 Å². The van der Waals surface area contributed by atoms with Gasteiger partial charge in [0.2, 0.25) is 0 Å². The molecule has 2 aliphatic heterocycles. The fourth-order valence-electron chi connectivity index (χ4n) is 4.28. The zero-order chi connectivity index (χ0) is 15.5. The van der Waals surface area contributed by atoms with Crippen molar-refractivity contribution in [2.75, 3.05) is 19.8 Å². The molecule has 2 nitrogen and oxygen atoms in total. The van der Waals surface area contributed by atoms with E-state index in [2.05, 4.69) is 70.5 Å². The van der Waals surface area contributed by atoms with Crippen molar-refractivity contribution in [3.8, 4) is 0 Å². The van der Waals surface area contributed by atoms with Crippen molar-refractivity contribution in [3.63, 3.8) is 0 Å². The van der Waals surface area contributed by atoms with Crippen LogP contribution in [0.1, 0.15) is 48.9 Å². The Kier molecular flexibility index (Phi) is 4.45. The molecule has 2 aliphatic rings. The third kappa shape index (κ3) is 3.19. The van der Waals surface area contributed by atoms with Crippen molar-refractivity contribution < 1.29 is 0 Å². The molecule has 2 fully saturated rings. The van der Waals surface area contributed by atoms with Gasteiger partial charge in [0.05, 0.1) is 6.67 Å². The molecule has 2 saturated heterocycles. The molecule has 2 aromatic carbocycles. The van der Waals surface area contributed by atoms with Gasteiger partial charge in [-0.25, -0.2) is 0 Å². The Bertz CT molecular complexity index is 557. The van der Waals surface area contributed by atoms with Gasteiger partial charge in [-0.3, -0.25) is 9.80 Å². The SMILES string of the molecule is c1ccc([C@H]2CC[C@H](c3ccccc3)N2CN2CCCC2)cc1. The number of likely N-dealkylation sites (tertiary alicyclic amines) is 2. The average molecular weight is 306 g/mol. The quantitative estimate of drug-likeness (QED) is 0.813. The fraction of sp³-hybridized carbons (Fsp3) is 0.429. The molecule has 0 saturated carbocycles. The molecule has 0 N–H and O–H groups in total. The first kappa shape index (κ1) is 14.9. The fourth-order valence-corrected chi connectivity index (χ4v) is 4.28. The van der Waals surface area contributed by atoms with Gasteiger partial charge in [-0.1, -0.05) is 60.7 Å². The molecule has 0 aliphatic carbocycles. The van der Waals surface area contributed by atoms with E-state index in [-0.39, 0.29) is 0 Å². The van der Waals surface area contributed by atoms with Gasteiger partial charge in [0.15, 0.2) is 0 Å². The first-order valence-corrected chi connectivity index (χ1v) is 9.00. The Balaban J connectivity index is 1.61. The Hall–Kier alpha value is -1.64. The van der Waals surface area contributed by atoms with E-state index in [1.165, 1.54) is 49.9 Å². The van der Waals surface area contributed by atoms with Crippen molar-refractivity contribution in [1.29, 1.82) is 0 Å². The van der Waals surface area contributed by atoms with Crippen LogP contribution in [0, 0.1) is 0 Å². The first-order chi connectivity index (χ1) is 11.4. The average Bonchev–Trinajstić information content (AvgIpc) is 3.27. The lowest BCUT2D eigenvalue weighted by Gasteiger charge is -2.34. The van der Waals surface area contributed by atoms with E-state index in [9.17, 15) is 0 Å². The van der Waals surface area contributed by atoms with Crippen molar-refractivity contribution in [2.24, 2.45) is 0 Å². The van der Waals surface area contributed by atoms with Gasteiger partial charge in [0.1, 0.15) is 0 Å². The maximum Gasteiger partial charge on any atom is 0.0517 e. The highest BCUT2D eigenvalue weighted by molar-refractivity contribution is 5.25. The smallest absolute Gasteiger partial charge is 0.0517 e. The van der Waals surface area contributed by atoms with E-state index in [0.717, 1.165) is 6.67 Å². The van der Waals surface area contributed by atoms with E-state index in [1.807, 2.05) is 0 Å². The molecule has 120 valence electrons. The summed E-state index contributed by atoms with van der Waals surface area (Å²) in [6.45, 7) is 3.64. The second-order valence-corrected chi connectivity index (χ2v) is 6.91. The van der Waals surface area contributed by atoms with Crippen molar-refractivity contribution >= 4 is 0 Å². The van der Waals surface area contributed by atoms with Crippen LogP contribution in [0.5, 0.6) is 0 Å². The number of hydrogen-bond donors (Lipinski definition) is 0. The number of benzene rings is 2. The highest BCUT2D eigenvalue weighted by atomic mass is 15.4. The second kappa shape index (κ2) is 6.86. The molecule has 23 heavy (non-hydrogen) atoms. The van der Waals surface area contributed by atoms with Crippen LogP contribution < -0.4 is 0 Å². The summed E-state index contributed by atoms with van der Waals surface area (Å²) in [4.78, 5) is 5.38. The Morgan fingerprint density at radius 2 is 1.17 bits per heavy atom. The van der Waals surface area contributed by atoms with Crippen LogP contribution in [0.25, 0.3) is 0 Å². The predicted octanol–water partition coefficient (Wildman–Crippen LogP) is 4.62. The zero-order valence-electron chi connectivity index (χ0n) is 13.8. The molecule has 4 rings (SSSR count). The number of nitrogens with zero attached hydrogens (tertiary/aromatic N) is 2. The molecule has 0 bridgehead atoms. The van der Waals surface area contributed by atoms with Gasteiger partial charge in [-0.15, -0.1) is 0 Å². The molecule has 2 aromatic rings. The minimum absolute atomic E-state index is 0.557. The Morgan fingerprint density at radius 3 is 1.65 bits per heavy atom. The van der Waals surface area contributed by atoms with Crippen LogP contribution >= 0.6 is 0 Å². The van der Waals surface area contributed by atoms with Crippen molar-refractivity contribution in [2.45, 2.75) is 37.8 Å². The molecule has 0 aromatic heterocycles. The first-order valence-electron chi connectivity index (χ1n) is 9.00. The summed E-state index contributed by atoms with van der Waals surface area (Å²) >= 11 is 0. The van der Waals surface area contributed by atoms with Gasteiger partial charge in [-0.2, -0.15) is 0 Å². The number of rotatable bonds is 4. The lowest BCUT2D eigenvalue weighted by molar-refractivity contribution is 0.103. The summed E-state index contributed by atoms with van der Waals surface area (Å²) in [7, 11) is 0. The van der Waals surface area contributed by atoms with E-state index < -0.39 is 0 Å². The lowest BCUT2D eigenvalue weighted by atomic mass is 10.0. The second-order valence-electron chi connectivity index (χ2n) is 6.91. The summed E-state index contributed by atoms with van der Waals surface area (Å²) < 4.78 is 0. The molecule has 2 heterocycles. The van der Waals surface area contributed by atoms with E-state index in [1.54, 1.807) is 0 Å². The van der Waals surface area contributed by atoms with Crippen LogP contribution in [0.2, 0.25) is 0 Å². The zero-order valence-corrected chi connectivity index (χ0v) is 13.8. The highest BCUT2D eigenvalue weighted by Crippen LogP contribution is 2.44. The minimum atomic E-state index is 0.557. The van der Waals surface area contributed by atoms with Gasteiger partial charge in [0.25, 0.3) is 0 Å². The van der Waals surface area contributed by atoms with Crippen LogP contribution in [0.3, 0.4) is 0 Å². The summed E-state index contributed by atoms with van der Waals surface area (Å²) in [5.41, 5.74) is 2.95. The van der Waals surface area contributed by atoms with Crippen molar-refractivity contribution in [3.05, 3.63) is 71.8 Å². The molecule has 2 heteroatoms. The van der Waals surface area contributed by atoms with Gasteiger partial charge >= 0.3 is 0 Å². The standard InChI is InChI=1S/C21H26N2/c1-3-9-18(10-4-1)20-13-14-21(19-11-5-2-6-12-19)23(20)17-22-15-7-8-16-22/h1-6,9-12,20-21H,7-8,13-17H2/t20-,21-/m1/s1. The van der Waals surface area contributed by atoms with E-state index in [0.29, 0.717) is 12.1 Å². The summed E-state index contributed by atoms with van der Waals surface area (Å²) in [6, 6.07) is 23.3. The maximum absolute atomic E-state index is 2.75. The molecule has 0 spiro atoms. The minimum Gasteiger partial charge on any atom is -0.290 e. The van der Waals surface area contributed by atoms with Crippen molar-refractivity contribution in [1.82, 2.24) is 9.80 Å². The van der Waals surface area contributed by atoms with Gasteiger partial charge in [-0.05, 0) is 49.9 Å². The number of hydrogen-bond acceptors (Lipinski definition) is 2. The Morgan fingerprint density at radius 1 is 0.696 bits per heavy atom. The molecule has 0 unspecified atom stereocenters. The van der Waals surface area contributed by atoms with Crippen LogP contribution in [-0.4, -0.2) is 29.6 Å². The molecule has 2 atom stereocenters. The molecular weight excluding hydrogens is 280 g/mol. The molecule has 0 radical (unpaired) electrons. The van der Waals surface area contributed by atoms with Crippen LogP contribution in [-0.2, 0) is 0 Å². The summed E-state index contributed by atoms with van der Waals surface area (Å²) in [5.74, 6) is 0. The monoisotopic (exact) mass is 306 g/mol. The topological polar surface area (TPSA) is 6.48 Å². The van der Waals surface area contributed by atoms with Crippen LogP contribution in [0.15, 0.2) is 60.7 Å². The normalized spacial score (nSPS) is 25.9. The molecule has 0 amide bonds. The third-order valence-corrected chi connectivity index (χ3v) is 5.44. The van der Waals surface area contributed by atoms with Gasteiger partial charge < -0.3 is 0 Å². The molecular formula is C21H26N2. The predicted molar refractivity (Wildman–Crippen MR) is 95.1 cm³/mol. The maximum atomic E-state index is 2.75. The van der Waals surface area contributed by atoms with Crippen LogP contribution in [0.4, 0.5) is 0 Å². The lowest BCUT2D eigenvalue weighted by Crippen LogP contribution is -2.37. The third-order valence-electron chi connectivity index (χ3n) is 5.44. The van der Waals surface area contributed by atoms with E-state index >= 15 is 0 Å². The Labute approximate surface area is 139 Å². The highest BCUT2D eigenvalue weighted by Gasteiger charge is 2.36.